The molecule has 0 aliphatic rings. The Bertz CT molecular complexity index is 1230. The molecule has 0 unspecified atom stereocenters. The molecule has 0 aliphatic carbocycles. The average Bonchev–Trinajstić information content (AvgIpc) is 2.80. The fourth-order valence-corrected chi connectivity index (χ4v) is 4.47. The standard InChI is InChI=1S/C22H19Cl2N3O4S/c1-31-18-7-5-6-16(12-18)14-25-26-22(28)15-27(17-10-11-20(23)21(24)13-17)32(29,30)19-8-3-2-4-9-19/h2-14H,15H2,1H3,(H,26,28)/b25-14-. The molecule has 32 heavy (non-hydrogen) atoms. The molecule has 0 bridgehead atoms. The normalized spacial score (nSPS) is 11.3. The number of amides is 1. The summed E-state index contributed by atoms with van der Waals surface area (Å²) in [6.07, 6.45) is 1.43. The van der Waals surface area contributed by atoms with E-state index in [9.17, 15) is 13.2 Å². The SMILES string of the molecule is COc1cccc(/C=N\NC(=O)CN(c2ccc(Cl)c(Cl)c2)S(=O)(=O)c2ccccc2)c1. The average molecular weight is 492 g/mol. The highest BCUT2D eigenvalue weighted by Crippen LogP contribution is 2.30. The Hall–Kier alpha value is -3.07. The number of halogens is 2. The van der Waals surface area contributed by atoms with Gasteiger partial charge in [0.05, 0.1) is 34.0 Å². The Morgan fingerprint density at radius 1 is 1.03 bits per heavy atom. The molecule has 0 saturated heterocycles. The maximum absolute atomic E-state index is 13.2. The molecular formula is C22H19Cl2N3O4S. The summed E-state index contributed by atoms with van der Waals surface area (Å²) < 4.78 is 32.6. The number of benzene rings is 3. The fourth-order valence-electron chi connectivity index (χ4n) is 2.74. The van der Waals surface area contributed by atoms with Crippen molar-refractivity contribution in [1.82, 2.24) is 5.43 Å². The van der Waals surface area contributed by atoms with Crippen LogP contribution in [0.4, 0.5) is 5.69 Å². The summed E-state index contributed by atoms with van der Waals surface area (Å²) in [7, 11) is -2.52. The zero-order valence-electron chi connectivity index (χ0n) is 16.9. The first kappa shape index (κ1) is 23.6. The van der Waals surface area contributed by atoms with Gasteiger partial charge in [-0.15, -0.1) is 0 Å². The molecule has 0 fully saturated rings. The molecule has 7 nitrogen and oxygen atoms in total. The summed E-state index contributed by atoms with van der Waals surface area (Å²) in [4.78, 5) is 12.6. The van der Waals surface area contributed by atoms with Crippen LogP contribution < -0.4 is 14.5 Å². The lowest BCUT2D eigenvalue weighted by Gasteiger charge is -2.24. The molecule has 0 radical (unpaired) electrons. The second-order valence-corrected chi connectivity index (χ2v) is 9.17. The molecule has 1 amide bonds. The largest absolute Gasteiger partial charge is 0.497 e. The van der Waals surface area contributed by atoms with Gasteiger partial charge in [-0.1, -0.05) is 53.5 Å². The van der Waals surface area contributed by atoms with E-state index in [2.05, 4.69) is 10.5 Å². The van der Waals surface area contributed by atoms with Crippen LogP contribution in [0.1, 0.15) is 5.56 Å². The first-order chi connectivity index (χ1) is 15.3. The minimum atomic E-state index is -4.06. The summed E-state index contributed by atoms with van der Waals surface area (Å²) in [6.45, 7) is -0.523. The maximum Gasteiger partial charge on any atom is 0.264 e. The van der Waals surface area contributed by atoms with Crippen LogP contribution in [-0.2, 0) is 14.8 Å². The number of carbonyl (C=O) groups excluding carboxylic acids is 1. The molecule has 0 aromatic heterocycles. The van der Waals surface area contributed by atoms with Crippen LogP contribution in [0.3, 0.4) is 0 Å². The topological polar surface area (TPSA) is 88.1 Å². The molecule has 3 aromatic rings. The number of hydrazone groups is 1. The lowest BCUT2D eigenvalue weighted by atomic mass is 10.2. The molecule has 166 valence electrons. The minimum Gasteiger partial charge on any atom is -0.497 e. The number of carbonyl (C=O) groups is 1. The summed E-state index contributed by atoms with van der Waals surface area (Å²) >= 11 is 12.0. The van der Waals surface area contributed by atoms with Crippen molar-refractivity contribution in [1.29, 1.82) is 0 Å². The Labute approximate surface area is 196 Å². The van der Waals surface area contributed by atoms with Crippen molar-refractivity contribution in [2.75, 3.05) is 18.0 Å². The van der Waals surface area contributed by atoms with Gasteiger partial charge in [-0.2, -0.15) is 5.10 Å². The van der Waals surface area contributed by atoms with Gasteiger partial charge in [0.1, 0.15) is 12.3 Å². The van der Waals surface area contributed by atoms with Gasteiger partial charge in [0.25, 0.3) is 15.9 Å². The summed E-state index contributed by atoms with van der Waals surface area (Å²) in [5.74, 6) is -0.00486. The molecule has 3 rings (SSSR count). The van der Waals surface area contributed by atoms with Gasteiger partial charge in [0, 0.05) is 0 Å². The number of hydrogen-bond donors (Lipinski definition) is 1. The van der Waals surface area contributed by atoms with Crippen LogP contribution in [-0.4, -0.2) is 34.2 Å². The zero-order chi connectivity index (χ0) is 23.1. The van der Waals surface area contributed by atoms with Gasteiger partial charge in [-0.05, 0) is 48.0 Å². The van der Waals surface area contributed by atoms with Crippen molar-refractivity contribution < 1.29 is 17.9 Å². The van der Waals surface area contributed by atoms with E-state index in [1.807, 2.05) is 0 Å². The van der Waals surface area contributed by atoms with E-state index in [-0.39, 0.29) is 20.6 Å². The van der Waals surface area contributed by atoms with Crippen molar-refractivity contribution in [3.63, 3.8) is 0 Å². The van der Waals surface area contributed by atoms with Crippen molar-refractivity contribution in [3.8, 4) is 5.75 Å². The van der Waals surface area contributed by atoms with Gasteiger partial charge in [0.15, 0.2) is 0 Å². The van der Waals surface area contributed by atoms with E-state index in [0.717, 1.165) is 4.31 Å². The summed E-state index contributed by atoms with van der Waals surface area (Å²) in [5, 5.41) is 4.33. The van der Waals surface area contributed by atoms with E-state index < -0.39 is 22.5 Å². The summed E-state index contributed by atoms with van der Waals surface area (Å²) in [5.41, 5.74) is 3.23. The third-order valence-electron chi connectivity index (χ3n) is 4.31. The van der Waals surface area contributed by atoms with Gasteiger partial charge in [-0.25, -0.2) is 13.8 Å². The number of rotatable bonds is 8. The maximum atomic E-state index is 13.2. The van der Waals surface area contributed by atoms with Crippen LogP contribution in [0.5, 0.6) is 5.75 Å². The Morgan fingerprint density at radius 2 is 1.78 bits per heavy atom. The van der Waals surface area contributed by atoms with Crippen LogP contribution >= 0.6 is 23.2 Å². The molecule has 3 aromatic carbocycles. The molecule has 0 heterocycles. The molecule has 1 N–H and O–H groups in total. The zero-order valence-corrected chi connectivity index (χ0v) is 19.2. The second kappa shape index (κ2) is 10.5. The Balaban J connectivity index is 1.84. The highest BCUT2D eigenvalue weighted by atomic mass is 35.5. The van der Waals surface area contributed by atoms with Gasteiger partial charge < -0.3 is 4.74 Å². The Kier molecular flexibility index (Phi) is 7.74. The number of nitrogens with one attached hydrogen (secondary N) is 1. The van der Waals surface area contributed by atoms with Crippen LogP contribution in [0.25, 0.3) is 0 Å². The third kappa shape index (κ3) is 5.79. The molecule has 0 spiro atoms. The van der Waals surface area contributed by atoms with Gasteiger partial charge >= 0.3 is 0 Å². The van der Waals surface area contributed by atoms with Gasteiger partial charge in [0.2, 0.25) is 0 Å². The third-order valence-corrected chi connectivity index (χ3v) is 6.83. The second-order valence-electron chi connectivity index (χ2n) is 6.49. The molecule has 10 heteroatoms. The van der Waals surface area contributed by atoms with Crippen LogP contribution in [0.2, 0.25) is 10.0 Å². The van der Waals surface area contributed by atoms with E-state index in [4.69, 9.17) is 27.9 Å². The number of anilines is 1. The minimum absolute atomic E-state index is 0.0266. The smallest absolute Gasteiger partial charge is 0.264 e. The van der Waals surface area contributed by atoms with Crippen molar-refractivity contribution >= 4 is 51.0 Å². The quantitative estimate of drug-likeness (QED) is 0.374. The Morgan fingerprint density at radius 3 is 2.47 bits per heavy atom. The van der Waals surface area contributed by atoms with E-state index in [0.29, 0.717) is 11.3 Å². The van der Waals surface area contributed by atoms with E-state index in [1.54, 1.807) is 49.6 Å². The van der Waals surface area contributed by atoms with Crippen molar-refractivity contribution in [2.24, 2.45) is 5.10 Å². The molecular weight excluding hydrogens is 473 g/mol. The first-order valence-electron chi connectivity index (χ1n) is 9.30. The van der Waals surface area contributed by atoms with E-state index in [1.165, 1.54) is 36.5 Å². The first-order valence-corrected chi connectivity index (χ1v) is 11.5. The van der Waals surface area contributed by atoms with E-state index >= 15 is 0 Å². The molecule has 0 aliphatic heterocycles. The van der Waals surface area contributed by atoms with Crippen molar-refractivity contribution in [2.45, 2.75) is 4.90 Å². The molecule has 0 saturated carbocycles. The highest BCUT2D eigenvalue weighted by molar-refractivity contribution is 7.92. The number of methoxy groups -OCH3 is 1. The number of sulfonamides is 1. The highest BCUT2D eigenvalue weighted by Gasteiger charge is 2.27. The lowest BCUT2D eigenvalue weighted by Crippen LogP contribution is -2.39. The van der Waals surface area contributed by atoms with Gasteiger partial charge in [-0.3, -0.25) is 9.10 Å². The number of nitrogens with zero attached hydrogens (tertiary/aromatic N) is 2. The molecule has 0 atom stereocenters. The lowest BCUT2D eigenvalue weighted by molar-refractivity contribution is -0.119. The number of ether oxygens (including phenoxy) is 1. The summed E-state index contributed by atoms with van der Waals surface area (Å²) in [6, 6.07) is 19.2. The number of hydrogen-bond acceptors (Lipinski definition) is 5. The predicted molar refractivity (Wildman–Crippen MR) is 126 cm³/mol. The van der Waals surface area contributed by atoms with Crippen LogP contribution in [0, 0.1) is 0 Å². The monoisotopic (exact) mass is 491 g/mol. The van der Waals surface area contributed by atoms with Crippen molar-refractivity contribution in [3.05, 3.63) is 88.4 Å². The fraction of sp³-hybridized carbons (Fsp3) is 0.0909. The van der Waals surface area contributed by atoms with Crippen LogP contribution in [0.15, 0.2) is 82.8 Å². The predicted octanol–water partition coefficient (Wildman–Crippen LogP) is 4.35.